The minimum atomic E-state index is 0.894. The molecule has 18 heavy (non-hydrogen) atoms. The van der Waals surface area contributed by atoms with Crippen LogP contribution in [0.4, 0.5) is 5.69 Å². The van der Waals surface area contributed by atoms with E-state index in [1.165, 1.54) is 42.7 Å². The Labute approximate surface area is 111 Å². The molecule has 1 fully saturated rings. The molecule has 1 heterocycles. The molecule has 1 atom stereocenters. The van der Waals surface area contributed by atoms with Gasteiger partial charge in [0.15, 0.2) is 0 Å². The van der Waals surface area contributed by atoms with E-state index in [1.54, 1.807) is 0 Å². The van der Waals surface area contributed by atoms with Gasteiger partial charge in [-0.3, -0.25) is 0 Å². The van der Waals surface area contributed by atoms with Gasteiger partial charge in [-0.2, -0.15) is 0 Å². The number of hydrogen-bond donors (Lipinski definition) is 1. The first kappa shape index (κ1) is 13.4. The zero-order valence-corrected chi connectivity index (χ0v) is 12.0. The molecule has 1 unspecified atom stereocenters. The van der Waals surface area contributed by atoms with E-state index in [-0.39, 0.29) is 0 Å². The summed E-state index contributed by atoms with van der Waals surface area (Å²) in [5.41, 5.74) is 4.25. The van der Waals surface area contributed by atoms with Crippen LogP contribution in [0, 0.1) is 12.8 Å². The highest BCUT2D eigenvalue weighted by Crippen LogP contribution is 2.28. The van der Waals surface area contributed by atoms with Crippen molar-refractivity contribution in [2.45, 2.75) is 40.2 Å². The fourth-order valence-electron chi connectivity index (χ4n) is 2.84. The second-order valence-electron chi connectivity index (χ2n) is 5.41. The van der Waals surface area contributed by atoms with Crippen molar-refractivity contribution in [2.75, 3.05) is 24.5 Å². The van der Waals surface area contributed by atoms with E-state index in [9.17, 15) is 0 Å². The maximum absolute atomic E-state index is 3.38. The van der Waals surface area contributed by atoms with Crippen molar-refractivity contribution in [3.63, 3.8) is 0 Å². The molecule has 1 aromatic rings. The van der Waals surface area contributed by atoms with Gasteiger partial charge in [0.05, 0.1) is 0 Å². The van der Waals surface area contributed by atoms with E-state index in [0.717, 1.165) is 19.0 Å². The van der Waals surface area contributed by atoms with Crippen LogP contribution in [-0.4, -0.2) is 19.6 Å². The lowest BCUT2D eigenvalue weighted by Crippen LogP contribution is -2.20. The van der Waals surface area contributed by atoms with E-state index >= 15 is 0 Å². The highest BCUT2D eigenvalue weighted by atomic mass is 15.2. The maximum Gasteiger partial charge on any atom is 0.0396 e. The average molecular weight is 246 g/mol. The van der Waals surface area contributed by atoms with Gasteiger partial charge >= 0.3 is 0 Å². The van der Waals surface area contributed by atoms with Gasteiger partial charge in [0, 0.05) is 25.3 Å². The number of anilines is 1. The molecule has 2 heteroatoms. The van der Waals surface area contributed by atoms with Crippen molar-refractivity contribution in [3.05, 3.63) is 29.3 Å². The monoisotopic (exact) mass is 246 g/mol. The molecular formula is C16H26N2. The third-order valence-electron chi connectivity index (χ3n) is 4.04. The highest BCUT2D eigenvalue weighted by molar-refractivity contribution is 5.55. The smallest absolute Gasteiger partial charge is 0.0396 e. The second-order valence-corrected chi connectivity index (χ2v) is 5.41. The van der Waals surface area contributed by atoms with E-state index < -0.39 is 0 Å². The number of rotatable bonds is 5. The Morgan fingerprint density at radius 2 is 2.17 bits per heavy atom. The Morgan fingerprint density at radius 1 is 1.33 bits per heavy atom. The standard InChI is InChI=1S/C16H26N2/c1-4-14-8-9-18(12-14)16-7-6-15(10-13(16)3)11-17-5-2/h6-7,10,14,17H,4-5,8-9,11-12H2,1-3H3. The molecule has 0 bridgehead atoms. The summed E-state index contributed by atoms with van der Waals surface area (Å²) in [6.45, 7) is 11.2. The molecule has 0 amide bonds. The van der Waals surface area contributed by atoms with Gasteiger partial charge in [-0.1, -0.05) is 32.4 Å². The number of nitrogens with zero attached hydrogens (tertiary/aromatic N) is 1. The summed E-state index contributed by atoms with van der Waals surface area (Å²) in [5, 5.41) is 3.38. The molecule has 1 aliphatic heterocycles. The van der Waals surface area contributed by atoms with Gasteiger partial charge < -0.3 is 10.2 Å². The van der Waals surface area contributed by atoms with Crippen LogP contribution in [0.1, 0.15) is 37.8 Å². The molecule has 0 aliphatic carbocycles. The Kier molecular flexibility index (Phi) is 4.65. The topological polar surface area (TPSA) is 15.3 Å². The lowest BCUT2D eigenvalue weighted by molar-refractivity contribution is 0.569. The third kappa shape index (κ3) is 3.05. The summed E-state index contributed by atoms with van der Waals surface area (Å²) in [7, 11) is 0. The van der Waals surface area contributed by atoms with Crippen LogP contribution < -0.4 is 10.2 Å². The highest BCUT2D eigenvalue weighted by Gasteiger charge is 2.21. The van der Waals surface area contributed by atoms with Gasteiger partial charge in [-0.15, -0.1) is 0 Å². The Balaban J connectivity index is 2.05. The van der Waals surface area contributed by atoms with E-state index in [0.29, 0.717) is 0 Å². The predicted octanol–water partition coefficient (Wildman–Crippen LogP) is 3.34. The lowest BCUT2D eigenvalue weighted by atomic mass is 10.1. The molecule has 1 N–H and O–H groups in total. The van der Waals surface area contributed by atoms with Crippen LogP contribution in [0.5, 0.6) is 0 Å². The summed E-state index contributed by atoms with van der Waals surface area (Å²) in [5.74, 6) is 0.894. The van der Waals surface area contributed by atoms with E-state index in [4.69, 9.17) is 0 Å². The molecule has 0 radical (unpaired) electrons. The number of hydrogen-bond acceptors (Lipinski definition) is 2. The van der Waals surface area contributed by atoms with Crippen LogP contribution in [0.25, 0.3) is 0 Å². The largest absolute Gasteiger partial charge is 0.371 e. The molecule has 2 rings (SSSR count). The fourth-order valence-corrected chi connectivity index (χ4v) is 2.84. The molecule has 2 nitrogen and oxygen atoms in total. The van der Waals surface area contributed by atoms with Crippen molar-refractivity contribution in [3.8, 4) is 0 Å². The van der Waals surface area contributed by atoms with Gasteiger partial charge in [-0.25, -0.2) is 0 Å². The first-order valence-corrected chi connectivity index (χ1v) is 7.29. The van der Waals surface area contributed by atoms with Gasteiger partial charge in [0.2, 0.25) is 0 Å². The number of benzene rings is 1. The molecule has 1 saturated heterocycles. The first-order valence-electron chi connectivity index (χ1n) is 7.29. The van der Waals surface area contributed by atoms with Crippen molar-refractivity contribution < 1.29 is 0 Å². The number of nitrogens with one attached hydrogen (secondary N) is 1. The van der Waals surface area contributed by atoms with Gasteiger partial charge in [0.1, 0.15) is 0 Å². The Morgan fingerprint density at radius 3 is 2.78 bits per heavy atom. The van der Waals surface area contributed by atoms with Crippen molar-refractivity contribution in [1.82, 2.24) is 5.32 Å². The Hall–Kier alpha value is -1.02. The normalized spacial score (nSPS) is 19.5. The summed E-state index contributed by atoms with van der Waals surface area (Å²) >= 11 is 0. The van der Waals surface area contributed by atoms with E-state index in [1.807, 2.05) is 0 Å². The predicted molar refractivity (Wildman–Crippen MR) is 79.2 cm³/mol. The van der Waals surface area contributed by atoms with Crippen LogP contribution in [0.2, 0.25) is 0 Å². The average Bonchev–Trinajstić information content (AvgIpc) is 2.85. The van der Waals surface area contributed by atoms with Crippen LogP contribution in [0.15, 0.2) is 18.2 Å². The Bertz CT molecular complexity index is 387. The molecule has 0 saturated carbocycles. The molecule has 1 aromatic carbocycles. The second kappa shape index (κ2) is 6.24. The maximum atomic E-state index is 3.38. The van der Waals surface area contributed by atoms with Crippen molar-refractivity contribution in [1.29, 1.82) is 0 Å². The molecule has 0 aromatic heterocycles. The van der Waals surface area contributed by atoms with Crippen LogP contribution in [-0.2, 0) is 6.54 Å². The minimum absolute atomic E-state index is 0.894. The summed E-state index contributed by atoms with van der Waals surface area (Å²) in [4.78, 5) is 2.56. The van der Waals surface area contributed by atoms with Crippen LogP contribution >= 0.6 is 0 Å². The zero-order valence-electron chi connectivity index (χ0n) is 12.0. The number of aryl methyl sites for hydroxylation is 1. The van der Waals surface area contributed by atoms with Gasteiger partial charge in [0.25, 0.3) is 0 Å². The summed E-state index contributed by atoms with van der Waals surface area (Å²) in [6, 6.07) is 6.90. The quantitative estimate of drug-likeness (QED) is 0.857. The zero-order chi connectivity index (χ0) is 13.0. The van der Waals surface area contributed by atoms with Crippen LogP contribution in [0.3, 0.4) is 0 Å². The first-order chi connectivity index (χ1) is 8.74. The van der Waals surface area contributed by atoms with Gasteiger partial charge in [-0.05, 0) is 43.0 Å². The summed E-state index contributed by atoms with van der Waals surface area (Å²) < 4.78 is 0. The van der Waals surface area contributed by atoms with Crippen molar-refractivity contribution >= 4 is 5.69 Å². The SMILES string of the molecule is CCNCc1ccc(N2CCC(CC)C2)c(C)c1. The molecule has 0 spiro atoms. The third-order valence-corrected chi connectivity index (χ3v) is 4.04. The molecule has 1 aliphatic rings. The van der Waals surface area contributed by atoms with E-state index in [2.05, 4.69) is 49.2 Å². The van der Waals surface area contributed by atoms with Crippen molar-refractivity contribution in [2.24, 2.45) is 5.92 Å². The lowest BCUT2D eigenvalue weighted by Gasteiger charge is -2.21. The molecular weight excluding hydrogens is 220 g/mol. The minimum Gasteiger partial charge on any atom is -0.371 e. The summed E-state index contributed by atoms with van der Waals surface area (Å²) in [6.07, 6.45) is 2.67. The molecule has 100 valence electrons. The fraction of sp³-hybridized carbons (Fsp3) is 0.625.